The number of halogens is 3. The number of aliphatic hydroxyl groups is 2. The summed E-state index contributed by atoms with van der Waals surface area (Å²) in [7, 11) is -1.09. The third kappa shape index (κ3) is 5.61. The maximum Gasteiger partial charge on any atom is 0.416 e. The first-order valence-electron chi connectivity index (χ1n) is 19.2. The lowest BCUT2D eigenvalue weighted by Crippen LogP contribution is -2.67. The Morgan fingerprint density at radius 1 is 0.946 bits per heavy atom. The van der Waals surface area contributed by atoms with Crippen LogP contribution in [0.15, 0.2) is 88.0 Å². The van der Waals surface area contributed by atoms with E-state index >= 15 is 0 Å². The van der Waals surface area contributed by atoms with E-state index in [2.05, 4.69) is 19.1 Å². The fraction of sp³-hybridized carbons (Fsp3) is 0.512. The normalized spacial score (nSPS) is 34.8. The van der Waals surface area contributed by atoms with E-state index in [1.807, 2.05) is 13.0 Å². The zero-order chi connectivity index (χ0) is 40.1. The molecule has 0 aliphatic heterocycles. The summed E-state index contributed by atoms with van der Waals surface area (Å²) in [5, 5.41) is 25.8. The molecule has 0 amide bonds. The molecule has 13 heteroatoms. The van der Waals surface area contributed by atoms with Gasteiger partial charge in [-0.05, 0) is 91.8 Å². The van der Waals surface area contributed by atoms with Gasteiger partial charge in [0.15, 0.2) is 5.78 Å². The molecule has 8 atom stereocenters. The summed E-state index contributed by atoms with van der Waals surface area (Å²) in [4.78, 5) is 14.9. The van der Waals surface area contributed by atoms with Gasteiger partial charge >= 0.3 is 6.18 Å². The Bertz CT molecular complexity index is 2220. The average Bonchev–Trinajstić information content (AvgIpc) is 3.81. The highest BCUT2D eigenvalue weighted by Crippen LogP contribution is 2.78. The number of sulfonamides is 1. The average molecular weight is 812 g/mol. The van der Waals surface area contributed by atoms with Gasteiger partial charge in [0.25, 0.3) is 10.0 Å². The largest absolute Gasteiger partial charge is 0.497 e. The molecule has 9 rings (SSSR count). The number of nitrogens with zero attached hydrogens (tertiary/aromatic N) is 1. The number of carbonyl (C=O) groups is 1. The minimum atomic E-state index is -4.64. The van der Waals surface area contributed by atoms with Crippen molar-refractivity contribution in [3.8, 4) is 11.5 Å². The number of thiophene rings is 1. The number of ketones is 1. The first-order chi connectivity index (χ1) is 26.4. The highest BCUT2D eigenvalue weighted by molar-refractivity contribution is 7.91. The molecule has 1 unspecified atom stereocenters. The topological polar surface area (TPSA) is 113 Å². The molecule has 56 heavy (non-hydrogen) atoms. The van der Waals surface area contributed by atoms with Crippen molar-refractivity contribution < 1.29 is 46.1 Å². The van der Waals surface area contributed by atoms with Gasteiger partial charge in [-0.1, -0.05) is 56.3 Å². The van der Waals surface area contributed by atoms with Crippen LogP contribution < -0.4 is 9.47 Å². The van der Waals surface area contributed by atoms with E-state index in [0.29, 0.717) is 61.2 Å². The Kier molecular flexibility index (Phi) is 9.32. The van der Waals surface area contributed by atoms with Gasteiger partial charge in [0.05, 0.1) is 31.5 Å². The second kappa shape index (κ2) is 13.3. The standard InChI is InChI=1S/C43H48F3NO7S2/c1-38-15-12-30(48)23-40(38)18-19-42(32(24-40)37(49)27-7-5-8-29(21-27)43(44,45)46)34(38)13-16-39(2)35(42)14-17-41(39,50)26-47(56(51,52)36-9-6-20-55-36)25-28-10-11-31(53-3)22-33(28)54-4/h5-11,18-22,24,30,34-35,48,50H,12-17,23,25-26H2,1-4H3/t30?,34-,35-,38-,39+,40+,41-,42-/m1/s1. The van der Waals surface area contributed by atoms with Gasteiger partial charge in [0.2, 0.25) is 0 Å². The predicted octanol–water partition coefficient (Wildman–Crippen LogP) is 8.45. The summed E-state index contributed by atoms with van der Waals surface area (Å²) < 4.78 is 83.3. The molecule has 1 heterocycles. The lowest BCUT2D eigenvalue weighted by atomic mass is 9.32. The minimum Gasteiger partial charge on any atom is -0.497 e. The fourth-order valence-corrected chi connectivity index (χ4v) is 14.4. The Morgan fingerprint density at radius 3 is 2.38 bits per heavy atom. The molecule has 2 N–H and O–H groups in total. The van der Waals surface area contributed by atoms with Crippen molar-refractivity contribution in [2.75, 3.05) is 20.8 Å². The van der Waals surface area contributed by atoms with Crippen LogP contribution in [-0.2, 0) is 22.7 Å². The Balaban J connectivity index is 1.23. The van der Waals surface area contributed by atoms with Crippen molar-refractivity contribution in [3.63, 3.8) is 0 Å². The van der Waals surface area contributed by atoms with Crippen molar-refractivity contribution in [3.05, 3.63) is 100 Å². The van der Waals surface area contributed by atoms with Crippen molar-refractivity contribution >= 4 is 27.1 Å². The SMILES string of the molecule is COc1ccc(CN(C[C@]2(O)CC[C@H]3[C@]45C=C[C@@]6(C=C4C(=O)c4cccc(C(F)(F)F)c4)CC(O)CC[C@]6(C)[C@H]5CC[C@@]32C)S(=O)(=O)c2cccs2)c(OC)c1. The molecule has 3 fully saturated rings. The molecule has 1 aromatic heterocycles. The molecule has 0 radical (unpaired) electrons. The summed E-state index contributed by atoms with van der Waals surface area (Å²) in [5.41, 5.74) is -4.39. The molecule has 3 saturated carbocycles. The number of alkyl halides is 3. The number of ether oxygens (including phenoxy) is 2. The Morgan fingerprint density at radius 2 is 1.68 bits per heavy atom. The monoisotopic (exact) mass is 811 g/mol. The van der Waals surface area contributed by atoms with E-state index in [4.69, 9.17) is 9.47 Å². The summed E-state index contributed by atoms with van der Waals surface area (Å²) in [5.74, 6) is 0.0438. The number of hydrogen-bond acceptors (Lipinski definition) is 8. The highest BCUT2D eigenvalue weighted by Gasteiger charge is 2.74. The number of allylic oxidation sites excluding steroid dienone is 4. The van der Waals surface area contributed by atoms with Crippen LogP contribution in [0, 0.1) is 33.5 Å². The van der Waals surface area contributed by atoms with E-state index in [9.17, 15) is 36.6 Å². The van der Waals surface area contributed by atoms with Gasteiger partial charge in [-0.25, -0.2) is 8.42 Å². The van der Waals surface area contributed by atoms with Crippen molar-refractivity contribution in [1.82, 2.24) is 4.31 Å². The lowest BCUT2D eigenvalue weighted by molar-refractivity contribution is -0.173. The van der Waals surface area contributed by atoms with E-state index in [1.54, 1.807) is 35.7 Å². The fourth-order valence-electron chi connectivity index (χ4n) is 11.8. The van der Waals surface area contributed by atoms with Crippen LogP contribution in [0.4, 0.5) is 13.2 Å². The quantitative estimate of drug-likeness (QED) is 0.156. The van der Waals surface area contributed by atoms with Crippen LogP contribution in [-0.4, -0.2) is 61.2 Å². The number of hydrogen-bond donors (Lipinski definition) is 2. The maximum absolute atomic E-state index is 14.9. The predicted molar refractivity (Wildman–Crippen MR) is 206 cm³/mol. The molecule has 2 spiro atoms. The highest BCUT2D eigenvalue weighted by atomic mass is 32.2. The molecule has 2 aromatic carbocycles. The molecule has 0 saturated heterocycles. The number of methoxy groups -OCH3 is 2. The molecule has 6 aliphatic carbocycles. The van der Waals surface area contributed by atoms with Crippen molar-refractivity contribution in [2.45, 2.75) is 87.4 Å². The van der Waals surface area contributed by atoms with E-state index < -0.39 is 55.5 Å². The minimum absolute atomic E-state index is 0.0585. The summed E-state index contributed by atoms with van der Waals surface area (Å²) >= 11 is 1.10. The number of aliphatic hydroxyl groups excluding tert-OH is 1. The Hall–Kier alpha value is -3.49. The zero-order valence-corrected chi connectivity index (χ0v) is 33.6. The van der Waals surface area contributed by atoms with E-state index in [-0.39, 0.29) is 46.5 Å². The van der Waals surface area contributed by atoms with Crippen LogP contribution in [0.1, 0.15) is 80.3 Å². The van der Waals surface area contributed by atoms with Gasteiger partial charge < -0.3 is 19.7 Å². The van der Waals surface area contributed by atoms with Gasteiger partial charge in [0.1, 0.15) is 15.7 Å². The second-order valence-electron chi connectivity index (χ2n) is 17.1. The van der Waals surface area contributed by atoms with Crippen molar-refractivity contribution in [2.24, 2.45) is 33.5 Å². The third-order valence-electron chi connectivity index (χ3n) is 14.8. The number of carbonyl (C=O) groups excluding carboxylic acids is 1. The maximum atomic E-state index is 14.9. The summed E-state index contributed by atoms with van der Waals surface area (Å²) in [6.07, 6.45) is 4.51. The lowest BCUT2D eigenvalue weighted by Gasteiger charge is -2.71. The molecular weight excluding hydrogens is 764 g/mol. The van der Waals surface area contributed by atoms with Gasteiger partial charge in [0, 0.05) is 52.1 Å². The van der Waals surface area contributed by atoms with Gasteiger partial charge in [-0.15, -0.1) is 11.3 Å². The summed E-state index contributed by atoms with van der Waals surface area (Å²) in [6.45, 7) is 3.91. The van der Waals surface area contributed by atoms with Crippen LogP contribution in [0.5, 0.6) is 11.5 Å². The first-order valence-corrected chi connectivity index (χ1v) is 21.5. The smallest absolute Gasteiger partial charge is 0.416 e. The van der Waals surface area contributed by atoms with Gasteiger partial charge in [-0.2, -0.15) is 17.5 Å². The Labute approximate surface area is 330 Å². The molecule has 8 nitrogen and oxygen atoms in total. The molecule has 300 valence electrons. The molecular formula is C43H48F3NO7S2. The van der Waals surface area contributed by atoms with E-state index in [0.717, 1.165) is 23.5 Å². The molecule has 6 aliphatic rings. The summed E-state index contributed by atoms with van der Waals surface area (Å²) in [6, 6.07) is 12.9. The molecule has 3 aromatic rings. The number of Topliss-reactive ketones (excluding diaryl/α,β-unsaturated/α-hetero) is 1. The third-order valence-corrected chi connectivity index (χ3v) is 17.9. The van der Waals surface area contributed by atoms with Crippen LogP contribution in [0.3, 0.4) is 0 Å². The van der Waals surface area contributed by atoms with Crippen LogP contribution >= 0.6 is 11.3 Å². The number of fused-ring (bicyclic) bond motifs is 1. The van der Waals surface area contributed by atoms with Crippen LogP contribution in [0.2, 0.25) is 0 Å². The zero-order valence-electron chi connectivity index (χ0n) is 31.9. The van der Waals surface area contributed by atoms with Gasteiger partial charge in [-0.3, -0.25) is 4.79 Å². The van der Waals surface area contributed by atoms with Crippen molar-refractivity contribution in [1.29, 1.82) is 0 Å². The van der Waals surface area contributed by atoms with E-state index in [1.165, 1.54) is 30.7 Å². The number of benzene rings is 2. The second-order valence-corrected chi connectivity index (χ2v) is 20.2. The van der Waals surface area contributed by atoms with Crippen LogP contribution in [0.25, 0.3) is 0 Å². The first kappa shape index (κ1) is 39.3. The number of rotatable bonds is 10. The molecule has 2 bridgehead atoms.